The van der Waals surface area contributed by atoms with Crippen molar-refractivity contribution in [2.45, 2.75) is 4.90 Å². The van der Waals surface area contributed by atoms with E-state index < -0.39 is 21.1 Å². The van der Waals surface area contributed by atoms with Crippen LogP contribution in [0, 0.1) is 0 Å². The van der Waals surface area contributed by atoms with E-state index in [0.717, 1.165) is 25.3 Å². The lowest BCUT2D eigenvalue weighted by molar-refractivity contribution is 0.0600. The lowest BCUT2D eigenvalue weighted by Gasteiger charge is -2.02. The van der Waals surface area contributed by atoms with E-state index in [1.165, 1.54) is 0 Å². The Balaban J connectivity index is 3.44. The summed E-state index contributed by atoms with van der Waals surface area (Å²) in [7, 11) is -3.88. The zero-order valence-corrected chi connectivity index (χ0v) is 8.95. The molecule has 0 saturated heterocycles. The van der Waals surface area contributed by atoms with E-state index in [1.54, 1.807) is 0 Å². The van der Waals surface area contributed by atoms with Crippen LogP contribution in [0.1, 0.15) is 20.7 Å². The average molecular weight is 246 g/mol. The lowest BCUT2D eigenvalue weighted by Crippen LogP contribution is -2.04. The molecule has 5 nitrogen and oxygen atoms in total. The molecule has 0 spiro atoms. The summed E-state index contributed by atoms with van der Waals surface area (Å²) in [5, 5.41) is 0. The Bertz CT molecular complexity index is 535. The number of esters is 1. The van der Waals surface area contributed by atoms with Gasteiger partial charge in [0.15, 0.2) is 0 Å². The molecule has 0 amide bonds. The van der Waals surface area contributed by atoms with Gasteiger partial charge >= 0.3 is 16.2 Å². The Morgan fingerprint density at radius 3 is 2.44 bits per heavy atom. The molecule has 1 aromatic carbocycles. The number of benzene rings is 1. The Labute approximate surface area is 91.0 Å². The minimum absolute atomic E-state index is 0.126. The van der Waals surface area contributed by atoms with Gasteiger partial charge in [0.2, 0.25) is 0 Å². The Morgan fingerprint density at radius 1 is 1.38 bits per heavy atom. The van der Waals surface area contributed by atoms with E-state index in [0.29, 0.717) is 6.29 Å². The maximum atomic E-state index is 12.7. The number of carbonyl (C=O) groups excluding carboxylic acids is 2. The topological polar surface area (TPSA) is 77.5 Å². The summed E-state index contributed by atoms with van der Waals surface area (Å²) in [6, 6.07) is 2.73. The van der Waals surface area contributed by atoms with Gasteiger partial charge in [-0.15, -0.1) is 3.89 Å². The Hall–Kier alpha value is -1.76. The van der Waals surface area contributed by atoms with Crippen molar-refractivity contribution >= 4 is 22.5 Å². The SMILES string of the molecule is COC(=O)c1cc(C=O)cc(S(=O)(=O)F)c1. The van der Waals surface area contributed by atoms with Crippen LogP contribution < -0.4 is 0 Å². The Morgan fingerprint density at radius 2 is 2.00 bits per heavy atom. The number of carbonyl (C=O) groups is 2. The molecule has 0 fully saturated rings. The summed E-state index contributed by atoms with van der Waals surface area (Å²) in [5.74, 6) is -0.853. The maximum absolute atomic E-state index is 12.7. The fraction of sp³-hybridized carbons (Fsp3) is 0.111. The van der Waals surface area contributed by atoms with Gasteiger partial charge in [0.05, 0.1) is 12.7 Å². The van der Waals surface area contributed by atoms with E-state index in [1.807, 2.05) is 0 Å². The molecule has 0 saturated carbocycles. The second-order valence-corrected chi connectivity index (χ2v) is 4.19. The highest BCUT2D eigenvalue weighted by atomic mass is 32.3. The largest absolute Gasteiger partial charge is 0.465 e. The van der Waals surface area contributed by atoms with Crippen molar-refractivity contribution in [3.63, 3.8) is 0 Å². The lowest BCUT2D eigenvalue weighted by atomic mass is 10.1. The van der Waals surface area contributed by atoms with Crippen LogP contribution in [0.2, 0.25) is 0 Å². The highest BCUT2D eigenvalue weighted by molar-refractivity contribution is 7.86. The third-order valence-electron chi connectivity index (χ3n) is 1.77. The molecule has 0 aliphatic rings. The minimum atomic E-state index is -4.97. The summed E-state index contributed by atoms with van der Waals surface area (Å²) >= 11 is 0. The molecule has 0 radical (unpaired) electrons. The number of rotatable bonds is 3. The number of ether oxygens (including phenoxy) is 1. The molecule has 0 atom stereocenters. The van der Waals surface area contributed by atoms with Gasteiger partial charge in [0.1, 0.15) is 11.2 Å². The number of halogens is 1. The van der Waals surface area contributed by atoms with Crippen LogP contribution in [0.4, 0.5) is 3.89 Å². The number of aldehydes is 1. The summed E-state index contributed by atoms with van der Waals surface area (Å²) < 4.78 is 38.3. The van der Waals surface area contributed by atoms with Crippen molar-refractivity contribution in [1.82, 2.24) is 0 Å². The fourth-order valence-corrected chi connectivity index (χ4v) is 1.61. The smallest absolute Gasteiger partial charge is 0.337 e. The van der Waals surface area contributed by atoms with Crippen molar-refractivity contribution in [2.24, 2.45) is 0 Å². The summed E-state index contributed by atoms with van der Waals surface area (Å²) in [5.41, 5.74) is -0.331. The van der Waals surface area contributed by atoms with Crippen molar-refractivity contribution < 1.29 is 26.6 Å². The van der Waals surface area contributed by atoms with Crippen LogP contribution >= 0.6 is 0 Å². The third-order valence-corrected chi connectivity index (χ3v) is 2.57. The summed E-state index contributed by atoms with van der Waals surface area (Å²) in [6.07, 6.45) is 0.307. The molecule has 0 aromatic heterocycles. The van der Waals surface area contributed by atoms with Crippen molar-refractivity contribution in [3.05, 3.63) is 29.3 Å². The normalized spacial score (nSPS) is 10.9. The molecular formula is C9H7FO5S. The van der Waals surface area contributed by atoms with Crippen LogP contribution in [-0.2, 0) is 15.0 Å². The third kappa shape index (κ3) is 2.63. The maximum Gasteiger partial charge on any atom is 0.337 e. The first-order valence-electron chi connectivity index (χ1n) is 4.01. The molecule has 0 bridgehead atoms. The van der Waals surface area contributed by atoms with Gasteiger partial charge in [0.25, 0.3) is 0 Å². The second-order valence-electron chi connectivity index (χ2n) is 2.84. The predicted octanol–water partition coefficient (Wildman–Crippen LogP) is 0.944. The predicted molar refractivity (Wildman–Crippen MR) is 51.5 cm³/mol. The average Bonchev–Trinajstić information content (AvgIpc) is 2.26. The number of hydrogen-bond acceptors (Lipinski definition) is 5. The zero-order chi connectivity index (χ0) is 12.3. The van der Waals surface area contributed by atoms with Crippen LogP contribution in [-0.4, -0.2) is 27.8 Å². The highest BCUT2D eigenvalue weighted by Gasteiger charge is 2.17. The molecule has 0 heterocycles. The van der Waals surface area contributed by atoms with Gasteiger partial charge in [-0.25, -0.2) is 4.79 Å². The molecule has 0 aliphatic heterocycles. The van der Waals surface area contributed by atoms with Crippen molar-refractivity contribution in [3.8, 4) is 0 Å². The Kier molecular flexibility index (Phi) is 3.38. The standard InChI is InChI=1S/C9H7FO5S/c1-15-9(12)7-2-6(5-11)3-8(4-7)16(10,13)14/h2-5H,1H3. The van der Waals surface area contributed by atoms with Gasteiger partial charge in [0, 0.05) is 5.56 Å². The molecule has 7 heteroatoms. The van der Waals surface area contributed by atoms with Gasteiger partial charge in [-0.2, -0.15) is 8.42 Å². The summed E-state index contributed by atoms with van der Waals surface area (Å²) in [6.45, 7) is 0. The van der Waals surface area contributed by atoms with E-state index in [2.05, 4.69) is 4.74 Å². The van der Waals surface area contributed by atoms with E-state index in [4.69, 9.17) is 0 Å². The molecule has 0 N–H and O–H groups in total. The monoisotopic (exact) mass is 246 g/mol. The minimum Gasteiger partial charge on any atom is -0.465 e. The number of methoxy groups -OCH3 is 1. The molecule has 86 valence electrons. The van der Waals surface area contributed by atoms with Crippen LogP contribution in [0.25, 0.3) is 0 Å². The molecule has 16 heavy (non-hydrogen) atoms. The molecule has 0 aliphatic carbocycles. The van der Waals surface area contributed by atoms with Gasteiger partial charge in [-0.1, -0.05) is 0 Å². The van der Waals surface area contributed by atoms with Crippen molar-refractivity contribution in [2.75, 3.05) is 7.11 Å². The number of hydrogen-bond donors (Lipinski definition) is 0. The van der Waals surface area contributed by atoms with Crippen LogP contribution in [0.5, 0.6) is 0 Å². The van der Waals surface area contributed by atoms with E-state index in [-0.39, 0.29) is 11.1 Å². The first-order chi connectivity index (χ1) is 7.38. The van der Waals surface area contributed by atoms with Gasteiger partial charge in [-0.3, -0.25) is 4.79 Å². The molecule has 1 rings (SSSR count). The zero-order valence-electron chi connectivity index (χ0n) is 8.14. The van der Waals surface area contributed by atoms with E-state index >= 15 is 0 Å². The fourth-order valence-electron chi connectivity index (χ4n) is 1.07. The van der Waals surface area contributed by atoms with Crippen molar-refractivity contribution in [1.29, 1.82) is 0 Å². The van der Waals surface area contributed by atoms with E-state index in [9.17, 15) is 21.9 Å². The summed E-state index contributed by atoms with van der Waals surface area (Å²) in [4.78, 5) is 20.8. The van der Waals surface area contributed by atoms with Gasteiger partial charge in [-0.05, 0) is 18.2 Å². The molecule has 0 unspecified atom stereocenters. The first kappa shape index (κ1) is 12.3. The first-order valence-corrected chi connectivity index (χ1v) is 5.40. The highest BCUT2D eigenvalue weighted by Crippen LogP contribution is 2.17. The molecule has 1 aromatic rings. The van der Waals surface area contributed by atoms with Crippen LogP contribution in [0.3, 0.4) is 0 Å². The van der Waals surface area contributed by atoms with Gasteiger partial charge < -0.3 is 4.74 Å². The van der Waals surface area contributed by atoms with Crippen LogP contribution in [0.15, 0.2) is 23.1 Å². The second kappa shape index (κ2) is 4.40. The molecular weight excluding hydrogens is 239 g/mol. The quantitative estimate of drug-likeness (QED) is 0.450.